The molecule has 0 fully saturated rings. The molecule has 0 atom stereocenters. The molecule has 0 saturated heterocycles. The molecule has 0 radical (unpaired) electrons. The average molecular weight is 283 g/mol. The fraction of sp³-hybridized carbons (Fsp3) is 0.235. The minimum Gasteiger partial charge on any atom is -0.497 e. The molecule has 0 heterocycles. The summed E-state index contributed by atoms with van der Waals surface area (Å²) in [6.45, 7) is 0. The lowest BCUT2D eigenvalue weighted by molar-refractivity contribution is 0.356. The van der Waals surface area contributed by atoms with E-state index in [0.29, 0.717) is 17.9 Å². The van der Waals surface area contributed by atoms with Gasteiger partial charge in [0, 0.05) is 5.56 Å². The number of nitriles is 1. The SMILES string of the molecule is COc1ccc(-c2c(CC#N)ccc(OC)c2OC)cc1. The van der Waals surface area contributed by atoms with Crippen LogP contribution >= 0.6 is 0 Å². The summed E-state index contributed by atoms with van der Waals surface area (Å²) < 4.78 is 16.0. The minimum absolute atomic E-state index is 0.307. The zero-order valence-corrected chi connectivity index (χ0v) is 12.3. The Morgan fingerprint density at radius 2 is 1.62 bits per heavy atom. The molecule has 0 amide bonds. The molecule has 0 aromatic heterocycles. The van der Waals surface area contributed by atoms with Crippen LogP contribution in [-0.2, 0) is 6.42 Å². The molecule has 0 aliphatic rings. The highest BCUT2D eigenvalue weighted by Gasteiger charge is 2.16. The number of nitrogens with zero attached hydrogens (tertiary/aromatic N) is 1. The van der Waals surface area contributed by atoms with Crippen LogP contribution in [0.5, 0.6) is 17.2 Å². The van der Waals surface area contributed by atoms with E-state index in [4.69, 9.17) is 19.5 Å². The number of rotatable bonds is 5. The fourth-order valence-corrected chi connectivity index (χ4v) is 2.27. The van der Waals surface area contributed by atoms with Crippen LogP contribution in [0.1, 0.15) is 5.56 Å². The first-order valence-corrected chi connectivity index (χ1v) is 6.50. The van der Waals surface area contributed by atoms with Crippen LogP contribution in [0.2, 0.25) is 0 Å². The van der Waals surface area contributed by atoms with Crippen LogP contribution in [0.15, 0.2) is 36.4 Å². The van der Waals surface area contributed by atoms with Crippen molar-refractivity contribution in [2.75, 3.05) is 21.3 Å². The number of benzene rings is 2. The molecule has 4 heteroatoms. The van der Waals surface area contributed by atoms with Gasteiger partial charge in [-0.2, -0.15) is 5.26 Å². The third-order valence-electron chi connectivity index (χ3n) is 3.28. The maximum absolute atomic E-state index is 9.02. The Bertz CT molecular complexity index is 657. The van der Waals surface area contributed by atoms with Crippen LogP contribution in [-0.4, -0.2) is 21.3 Å². The lowest BCUT2D eigenvalue weighted by Gasteiger charge is -2.16. The zero-order chi connectivity index (χ0) is 15.2. The Morgan fingerprint density at radius 3 is 2.14 bits per heavy atom. The van der Waals surface area contributed by atoms with Crippen LogP contribution in [0.3, 0.4) is 0 Å². The Balaban J connectivity index is 2.64. The third kappa shape index (κ3) is 2.92. The summed E-state index contributed by atoms with van der Waals surface area (Å²) in [6, 6.07) is 13.5. The van der Waals surface area contributed by atoms with Gasteiger partial charge in [0.25, 0.3) is 0 Å². The van der Waals surface area contributed by atoms with E-state index in [9.17, 15) is 0 Å². The van der Waals surface area contributed by atoms with Crippen molar-refractivity contribution in [2.45, 2.75) is 6.42 Å². The molecule has 0 spiro atoms. The van der Waals surface area contributed by atoms with Crippen LogP contribution in [0.4, 0.5) is 0 Å². The van der Waals surface area contributed by atoms with E-state index in [1.54, 1.807) is 21.3 Å². The maximum Gasteiger partial charge on any atom is 0.168 e. The molecule has 108 valence electrons. The lowest BCUT2D eigenvalue weighted by Crippen LogP contribution is -1.97. The summed E-state index contributed by atoms with van der Waals surface area (Å²) in [4.78, 5) is 0. The van der Waals surface area contributed by atoms with Crippen molar-refractivity contribution >= 4 is 0 Å². The Morgan fingerprint density at radius 1 is 0.905 bits per heavy atom. The van der Waals surface area contributed by atoms with Gasteiger partial charge in [-0.25, -0.2) is 0 Å². The van der Waals surface area contributed by atoms with Crippen molar-refractivity contribution < 1.29 is 14.2 Å². The largest absolute Gasteiger partial charge is 0.497 e. The molecular formula is C17H17NO3. The highest BCUT2D eigenvalue weighted by Crippen LogP contribution is 2.41. The van der Waals surface area contributed by atoms with Gasteiger partial charge in [-0.15, -0.1) is 0 Å². The van der Waals surface area contributed by atoms with Gasteiger partial charge < -0.3 is 14.2 Å². The van der Waals surface area contributed by atoms with Gasteiger partial charge in [-0.05, 0) is 29.3 Å². The Hall–Kier alpha value is -2.67. The monoisotopic (exact) mass is 283 g/mol. The molecule has 0 bridgehead atoms. The molecule has 4 nitrogen and oxygen atoms in total. The van der Waals surface area contributed by atoms with Crippen molar-refractivity contribution in [3.05, 3.63) is 42.0 Å². The molecule has 0 aliphatic carbocycles. The molecule has 2 rings (SSSR count). The molecule has 21 heavy (non-hydrogen) atoms. The summed E-state index contributed by atoms with van der Waals surface area (Å²) in [5.41, 5.74) is 2.73. The van der Waals surface area contributed by atoms with Crippen LogP contribution in [0.25, 0.3) is 11.1 Å². The first-order chi connectivity index (χ1) is 10.2. The van der Waals surface area contributed by atoms with E-state index >= 15 is 0 Å². The first kappa shape index (κ1) is 14.7. The van der Waals surface area contributed by atoms with Crippen molar-refractivity contribution in [3.63, 3.8) is 0 Å². The summed E-state index contributed by atoms with van der Waals surface area (Å²) in [5, 5.41) is 9.02. The number of methoxy groups -OCH3 is 3. The second-order valence-electron chi connectivity index (χ2n) is 4.40. The van der Waals surface area contributed by atoms with E-state index in [-0.39, 0.29) is 0 Å². The van der Waals surface area contributed by atoms with E-state index in [1.165, 1.54) is 0 Å². The lowest BCUT2D eigenvalue weighted by atomic mass is 9.96. The van der Waals surface area contributed by atoms with Gasteiger partial charge in [0.2, 0.25) is 0 Å². The predicted octanol–water partition coefficient (Wildman–Crippen LogP) is 3.45. The van der Waals surface area contributed by atoms with Gasteiger partial charge in [0.1, 0.15) is 5.75 Å². The highest BCUT2D eigenvalue weighted by atomic mass is 16.5. The van der Waals surface area contributed by atoms with Crippen molar-refractivity contribution in [3.8, 4) is 34.4 Å². The zero-order valence-electron chi connectivity index (χ0n) is 12.3. The van der Waals surface area contributed by atoms with E-state index in [1.807, 2.05) is 36.4 Å². The highest BCUT2D eigenvalue weighted by molar-refractivity contribution is 5.78. The van der Waals surface area contributed by atoms with Gasteiger partial charge in [-0.1, -0.05) is 18.2 Å². The van der Waals surface area contributed by atoms with E-state index in [0.717, 1.165) is 22.4 Å². The van der Waals surface area contributed by atoms with E-state index in [2.05, 4.69) is 6.07 Å². The molecule has 0 saturated carbocycles. The molecule has 2 aromatic carbocycles. The Labute approximate surface area is 124 Å². The second kappa shape index (κ2) is 6.67. The van der Waals surface area contributed by atoms with Crippen molar-refractivity contribution in [2.24, 2.45) is 0 Å². The molecule has 0 N–H and O–H groups in total. The fourth-order valence-electron chi connectivity index (χ4n) is 2.27. The van der Waals surface area contributed by atoms with Gasteiger partial charge in [0.05, 0.1) is 33.8 Å². The molecule has 2 aromatic rings. The van der Waals surface area contributed by atoms with Gasteiger partial charge in [-0.3, -0.25) is 0 Å². The molecule has 0 unspecified atom stereocenters. The predicted molar refractivity (Wildman–Crippen MR) is 80.9 cm³/mol. The average Bonchev–Trinajstić information content (AvgIpc) is 2.54. The number of hydrogen-bond acceptors (Lipinski definition) is 4. The third-order valence-corrected chi connectivity index (χ3v) is 3.28. The number of ether oxygens (including phenoxy) is 3. The van der Waals surface area contributed by atoms with Gasteiger partial charge >= 0.3 is 0 Å². The second-order valence-corrected chi connectivity index (χ2v) is 4.40. The maximum atomic E-state index is 9.02. The summed E-state index contributed by atoms with van der Waals surface area (Å²) in [6.07, 6.45) is 0.307. The standard InChI is InChI=1S/C17H17NO3/c1-19-14-7-4-12(5-8-14)16-13(10-11-18)6-9-15(20-2)17(16)21-3/h4-9H,10H2,1-3H3. The normalized spacial score (nSPS) is 9.81. The Kier molecular flexibility index (Phi) is 4.68. The quantitative estimate of drug-likeness (QED) is 0.843. The summed E-state index contributed by atoms with van der Waals surface area (Å²) >= 11 is 0. The minimum atomic E-state index is 0.307. The summed E-state index contributed by atoms with van der Waals surface area (Å²) in [7, 11) is 4.82. The van der Waals surface area contributed by atoms with Crippen molar-refractivity contribution in [1.29, 1.82) is 5.26 Å². The molecular weight excluding hydrogens is 266 g/mol. The topological polar surface area (TPSA) is 51.5 Å². The smallest absolute Gasteiger partial charge is 0.168 e. The first-order valence-electron chi connectivity index (χ1n) is 6.50. The van der Waals surface area contributed by atoms with E-state index < -0.39 is 0 Å². The van der Waals surface area contributed by atoms with Crippen LogP contribution < -0.4 is 14.2 Å². The molecule has 0 aliphatic heterocycles. The van der Waals surface area contributed by atoms with Gasteiger partial charge in [0.15, 0.2) is 11.5 Å². The van der Waals surface area contributed by atoms with Crippen molar-refractivity contribution in [1.82, 2.24) is 0 Å². The van der Waals surface area contributed by atoms with Crippen LogP contribution in [0, 0.1) is 11.3 Å². The summed E-state index contributed by atoms with van der Waals surface area (Å²) in [5.74, 6) is 2.06. The number of hydrogen-bond donors (Lipinski definition) is 0.